The van der Waals surface area contributed by atoms with Gasteiger partial charge in [-0.15, -0.1) is 0 Å². The van der Waals surface area contributed by atoms with E-state index in [-0.39, 0.29) is 12.1 Å². The molecule has 0 fully saturated rings. The van der Waals surface area contributed by atoms with Crippen LogP contribution in [0.5, 0.6) is 0 Å². The quantitative estimate of drug-likeness (QED) is 0.603. The van der Waals surface area contributed by atoms with Crippen LogP contribution in [0.1, 0.15) is 49.5 Å². The molecule has 19 heavy (non-hydrogen) atoms. The summed E-state index contributed by atoms with van der Waals surface area (Å²) in [5.74, 6) is 6.17. The van der Waals surface area contributed by atoms with E-state index in [1.54, 1.807) is 6.07 Å². The Labute approximate surface area is 116 Å². The third-order valence-corrected chi connectivity index (χ3v) is 2.63. The first-order valence-electron chi connectivity index (χ1n) is 6.79. The van der Waals surface area contributed by atoms with Crippen LogP contribution in [-0.2, 0) is 4.74 Å². The molecule has 1 aromatic carbocycles. The van der Waals surface area contributed by atoms with Gasteiger partial charge in [-0.3, -0.25) is 0 Å². The van der Waals surface area contributed by atoms with Gasteiger partial charge in [0.2, 0.25) is 0 Å². The van der Waals surface area contributed by atoms with Crippen molar-refractivity contribution in [1.29, 1.82) is 0 Å². The topological polar surface area (TPSA) is 26.3 Å². The molecule has 0 spiro atoms. The number of rotatable bonds is 4. The summed E-state index contributed by atoms with van der Waals surface area (Å²) in [7, 11) is 0. The zero-order chi connectivity index (χ0) is 14.3. The largest absolute Gasteiger partial charge is 0.446 e. The van der Waals surface area contributed by atoms with Gasteiger partial charge in [0.15, 0.2) is 6.10 Å². The number of carbonyl (C=O) groups is 1. The van der Waals surface area contributed by atoms with Crippen LogP contribution in [0.3, 0.4) is 0 Å². The highest BCUT2D eigenvalue weighted by molar-refractivity contribution is 5.89. The Balaban J connectivity index is 2.75. The number of aryl methyl sites for hydroxylation is 1. The first-order valence-corrected chi connectivity index (χ1v) is 6.79. The zero-order valence-corrected chi connectivity index (χ0v) is 12.2. The molecule has 1 rings (SSSR count). The van der Waals surface area contributed by atoms with E-state index in [0.717, 1.165) is 18.4 Å². The minimum Gasteiger partial charge on any atom is -0.446 e. The molecule has 0 bridgehead atoms. The molecular formula is C17H22O2. The maximum Gasteiger partial charge on any atom is 0.339 e. The second-order valence-corrected chi connectivity index (χ2v) is 5.07. The number of hydrogen-bond acceptors (Lipinski definition) is 2. The number of hydrogen-bond donors (Lipinski definition) is 0. The van der Waals surface area contributed by atoms with E-state index < -0.39 is 0 Å². The van der Waals surface area contributed by atoms with Crippen LogP contribution in [0.15, 0.2) is 24.3 Å². The molecule has 0 N–H and O–H groups in total. The van der Waals surface area contributed by atoms with Gasteiger partial charge >= 0.3 is 5.97 Å². The molecule has 2 nitrogen and oxygen atoms in total. The summed E-state index contributed by atoms with van der Waals surface area (Å²) in [6.07, 6.45) is 1.23. The minimum absolute atomic E-state index is 0.292. The van der Waals surface area contributed by atoms with Crippen LogP contribution < -0.4 is 0 Å². The van der Waals surface area contributed by atoms with E-state index in [0.29, 0.717) is 11.5 Å². The SMILES string of the molecule is CCC#CC(CC(C)C)OC(=O)c1cccc(C)c1. The van der Waals surface area contributed by atoms with Gasteiger partial charge in [-0.05, 0) is 31.4 Å². The van der Waals surface area contributed by atoms with Crippen molar-refractivity contribution in [2.45, 2.75) is 46.6 Å². The summed E-state index contributed by atoms with van der Waals surface area (Å²) in [4.78, 5) is 12.1. The first kappa shape index (κ1) is 15.3. The lowest BCUT2D eigenvalue weighted by atomic mass is 10.1. The van der Waals surface area contributed by atoms with Gasteiger partial charge in [-0.1, -0.05) is 50.3 Å². The van der Waals surface area contributed by atoms with Crippen molar-refractivity contribution in [2.75, 3.05) is 0 Å². The van der Waals surface area contributed by atoms with Gasteiger partial charge in [0, 0.05) is 6.42 Å². The van der Waals surface area contributed by atoms with Crippen LogP contribution in [-0.4, -0.2) is 12.1 Å². The Morgan fingerprint density at radius 3 is 2.68 bits per heavy atom. The highest BCUT2D eigenvalue weighted by Gasteiger charge is 2.15. The Morgan fingerprint density at radius 2 is 2.11 bits per heavy atom. The standard InChI is InChI=1S/C17H22O2/c1-5-6-10-16(11-13(2)3)19-17(18)15-9-7-8-14(4)12-15/h7-9,12-13,16H,5,11H2,1-4H3. The molecule has 0 amide bonds. The Bertz CT molecular complexity index is 478. The fourth-order valence-electron chi connectivity index (χ4n) is 1.75. The average molecular weight is 258 g/mol. The van der Waals surface area contributed by atoms with Gasteiger partial charge in [0.25, 0.3) is 0 Å². The molecule has 0 heterocycles. The van der Waals surface area contributed by atoms with Gasteiger partial charge in [0.1, 0.15) is 0 Å². The first-order chi connectivity index (χ1) is 9.02. The highest BCUT2D eigenvalue weighted by atomic mass is 16.5. The van der Waals surface area contributed by atoms with Crippen LogP contribution in [0.25, 0.3) is 0 Å². The number of esters is 1. The highest BCUT2D eigenvalue weighted by Crippen LogP contribution is 2.12. The molecule has 0 saturated carbocycles. The molecule has 0 saturated heterocycles. The van der Waals surface area contributed by atoms with Crippen LogP contribution >= 0.6 is 0 Å². The summed E-state index contributed by atoms with van der Waals surface area (Å²) in [6, 6.07) is 7.43. The van der Waals surface area contributed by atoms with Gasteiger partial charge < -0.3 is 4.74 Å². The Hall–Kier alpha value is -1.75. The lowest BCUT2D eigenvalue weighted by Gasteiger charge is -2.14. The van der Waals surface area contributed by atoms with Crippen molar-refractivity contribution in [3.05, 3.63) is 35.4 Å². The smallest absolute Gasteiger partial charge is 0.339 e. The van der Waals surface area contributed by atoms with Crippen molar-refractivity contribution >= 4 is 5.97 Å². The predicted octanol–water partition coefficient (Wildman–Crippen LogP) is 3.98. The monoisotopic (exact) mass is 258 g/mol. The second kappa shape index (κ2) is 7.63. The lowest BCUT2D eigenvalue weighted by Crippen LogP contribution is -2.18. The van der Waals surface area contributed by atoms with Crippen LogP contribution in [0.4, 0.5) is 0 Å². The summed E-state index contributed by atoms with van der Waals surface area (Å²) in [5, 5.41) is 0. The molecular weight excluding hydrogens is 236 g/mol. The van der Waals surface area contributed by atoms with Gasteiger partial charge in [-0.2, -0.15) is 0 Å². The third-order valence-electron chi connectivity index (χ3n) is 2.63. The molecule has 0 aliphatic rings. The van der Waals surface area contributed by atoms with Crippen molar-refractivity contribution < 1.29 is 9.53 Å². The summed E-state index contributed by atoms with van der Waals surface area (Å²) in [5.41, 5.74) is 1.64. The fourth-order valence-corrected chi connectivity index (χ4v) is 1.75. The van der Waals surface area contributed by atoms with Gasteiger partial charge in [-0.25, -0.2) is 4.79 Å². The number of benzene rings is 1. The van der Waals surface area contributed by atoms with E-state index in [4.69, 9.17) is 4.74 Å². The normalized spacial score (nSPS) is 11.6. The molecule has 0 radical (unpaired) electrons. The van der Waals surface area contributed by atoms with Gasteiger partial charge in [0.05, 0.1) is 5.56 Å². The van der Waals surface area contributed by atoms with E-state index in [1.165, 1.54) is 0 Å². The number of ether oxygens (including phenoxy) is 1. The zero-order valence-electron chi connectivity index (χ0n) is 12.2. The molecule has 1 unspecified atom stereocenters. The predicted molar refractivity (Wildman–Crippen MR) is 77.9 cm³/mol. The molecule has 1 atom stereocenters. The second-order valence-electron chi connectivity index (χ2n) is 5.07. The summed E-state index contributed by atoms with van der Waals surface area (Å²) >= 11 is 0. The summed E-state index contributed by atoms with van der Waals surface area (Å²) < 4.78 is 5.49. The molecule has 2 heteroatoms. The molecule has 1 aromatic rings. The lowest BCUT2D eigenvalue weighted by molar-refractivity contribution is 0.0377. The Morgan fingerprint density at radius 1 is 1.37 bits per heavy atom. The third kappa shape index (κ3) is 5.61. The van der Waals surface area contributed by atoms with Crippen molar-refractivity contribution in [1.82, 2.24) is 0 Å². The van der Waals surface area contributed by atoms with Crippen molar-refractivity contribution in [3.8, 4) is 11.8 Å². The minimum atomic E-state index is -0.312. The van der Waals surface area contributed by atoms with Crippen LogP contribution in [0, 0.1) is 24.7 Å². The fraction of sp³-hybridized carbons (Fsp3) is 0.471. The van der Waals surface area contributed by atoms with E-state index in [1.807, 2.05) is 32.0 Å². The molecule has 102 valence electrons. The van der Waals surface area contributed by atoms with Crippen molar-refractivity contribution in [3.63, 3.8) is 0 Å². The molecule has 0 aliphatic carbocycles. The van der Waals surface area contributed by atoms with Crippen molar-refractivity contribution in [2.24, 2.45) is 5.92 Å². The van der Waals surface area contributed by atoms with E-state index in [9.17, 15) is 4.79 Å². The maximum absolute atomic E-state index is 12.1. The molecule has 0 aliphatic heterocycles. The summed E-state index contributed by atoms with van der Waals surface area (Å²) in [6.45, 7) is 8.14. The number of carbonyl (C=O) groups excluding carboxylic acids is 1. The maximum atomic E-state index is 12.1. The Kier molecular flexibility index (Phi) is 6.15. The van der Waals surface area contributed by atoms with E-state index >= 15 is 0 Å². The average Bonchev–Trinajstić information content (AvgIpc) is 2.35. The van der Waals surface area contributed by atoms with E-state index in [2.05, 4.69) is 25.7 Å². The molecule has 0 aromatic heterocycles. The van der Waals surface area contributed by atoms with Crippen LogP contribution in [0.2, 0.25) is 0 Å².